The molecule has 3 rings (SSSR count). The Kier molecular flexibility index (Phi) is 7.17. The van der Waals surface area contributed by atoms with Gasteiger partial charge in [0.15, 0.2) is 0 Å². The first-order chi connectivity index (χ1) is 14.5. The standard InChI is InChI=1S/C24H28Cl2N2O3/c1-15-5-6-17(13-20(15)26)19-14-28(23(30)31-24(2,3)4)12-11-21(19)27-22(29)16-7-9-18(25)10-8-16/h5-10,13,19,21H,11-12,14H2,1-4H3,(H,27,29)/t19-,21+/m0/s1. The molecule has 2 amide bonds. The molecule has 0 bridgehead atoms. The molecule has 2 aromatic rings. The van der Waals surface area contributed by atoms with E-state index in [2.05, 4.69) is 5.32 Å². The normalized spacial score (nSPS) is 19.1. The molecule has 2 aromatic carbocycles. The van der Waals surface area contributed by atoms with E-state index in [0.29, 0.717) is 35.1 Å². The molecule has 0 radical (unpaired) electrons. The summed E-state index contributed by atoms with van der Waals surface area (Å²) in [5.74, 6) is -0.286. The van der Waals surface area contributed by atoms with Crippen LogP contribution in [0.4, 0.5) is 4.79 Å². The summed E-state index contributed by atoms with van der Waals surface area (Å²) in [6.45, 7) is 8.42. The Morgan fingerprint density at radius 2 is 1.77 bits per heavy atom. The smallest absolute Gasteiger partial charge is 0.410 e. The minimum atomic E-state index is -0.570. The summed E-state index contributed by atoms with van der Waals surface area (Å²) in [6, 6.07) is 12.5. The summed E-state index contributed by atoms with van der Waals surface area (Å²) in [5.41, 5.74) is 1.93. The Balaban J connectivity index is 1.83. The molecular weight excluding hydrogens is 435 g/mol. The Bertz CT molecular complexity index is 954. The van der Waals surface area contributed by atoms with Crippen molar-refractivity contribution in [3.05, 3.63) is 69.2 Å². The van der Waals surface area contributed by atoms with Gasteiger partial charge in [-0.1, -0.05) is 35.3 Å². The lowest BCUT2D eigenvalue weighted by atomic mass is 9.85. The topological polar surface area (TPSA) is 58.6 Å². The molecule has 7 heteroatoms. The number of aryl methyl sites for hydroxylation is 1. The van der Waals surface area contributed by atoms with Crippen LogP contribution < -0.4 is 5.32 Å². The van der Waals surface area contributed by atoms with E-state index < -0.39 is 5.60 Å². The Hall–Kier alpha value is -2.24. The van der Waals surface area contributed by atoms with Crippen molar-refractivity contribution >= 4 is 35.2 Å². The van der Waals surface area contributed by atoms with Gasteiger partial charge in [0.1, 0.15) is 5.60 Å². The number of carbonyl (C=O) groups is 2. The molecule has 1 N–H and O–H groups in total. The molecular formula is C24H28Cl2N2O3. The number of amides is 2. The maximum atomic E-state index is 12.8. The van der Waals surface area contributed by atoms with Gasteiger partial charge in [-0.25, -0.2) is 4.79 Å². The van der Waals surface area contributed by atoms with E-state index in [0.717, 1.165) is 11.1 Å². The summed E-state index contributed by atoms with van der Waals surface area (Å²) in [4.78, 5) is 27.2. The SMILES string of the molecule is Cc1ccc([C@@H]2CN(C(=O)OC(C)(C)C)CC[C@H]2NC(=O)c2ccc(Cl)cc2)cc1Cl. The summed E-state index contributed by atoms with van der Waals surface area (Å²) >= 11 is 12.3. The van der Waals surface area contributed by atoms with E-state index in [1.807, 2.05) is 45.9 Å². The number of likely N-dealkylation sites (tertiary alicyclic amines) is 1. The van der Waals surface area contributed by atoms with Crippen LogP contribution in [0, 0.1) is 6.92 Å². The van der Waals surface area contributed by atoms with Crippen LogP contribution in [0.5, 0.6) is 0 Å². The zero-order valence-corrected chi connectivity index (χ0v) is 19.8. The van der Waals surface area contributed by atoms with Crippen LogP contribution in [0.3, 0.4) is 0 Å². The number of halogens is 2. The van der Waals surface area contributed by atoms with E-state index in [9.17, 15) is 9.59 Å². The maximum absolute atomic E-state index is 12.8. The zero-order chi connectivity index (χ0) is 22.8. The number of benzene rings is 2. The zero-order valence-electron chi connectivity index (χ0n) is 18.2. The van der Waals surface area contributed by atoms with E-state index >= 15 is 0 Å². The number of piperidine rings is 1. The minimum absolute atomic E-state index is 0.115. The molecule has 5 nitrogen and oxygen atoms in total. The Morgan fingerprint density at radius 1 is 1.10 bits per heavy atom. The maximum Gasteiger partial charge on any atom is 0.410 e. The van der Waals surface area contributed by atoms with Crippen molar-refractivity contribution < 1.29 is 14.3 Å². The van der Waals surface area contributed by atoms with Gasteiger partial charge in [-0.15, -0.1) is 0 Å². The van der Waals surface area contributed by atoms with E-state index in [1.54, 1.807) is 29.2 Å². The van der Waals surface area contributed by atoms with Crippen molar-refractivity contribution in [2.75, 3.05) is 13.1 Å². The van der Waals surface area contributed by atoms with Gasteiger partial charge >= 0.3 is 6.09 Å². The van der Waals surface area contributed by atoms with Crippen molar-refractivity contribution in [1.82, 2.24) is 10.2 Å². The average molecular weight is 463 g/mol. The average Bonchev–Trinajstić information content (AvgIpc) is 2.69. The van der Waals surface area contributed by atoms with Crippen LogP contribution in [0.25, 0.3) is 0 Å². The number of nitrogens with one attached hydrogen (secondary N) is 1. The van der Waals surface area contributed by atoms with Crippen LogP contribution in [0.1, 0.15) is 54.6 Å². The summed E-state index contributed by atoms with van der Waals surface area (Å²) < 4.78 is 5.56. The van der Waals surface area contributed by atoms with Crippen molar-refractivity contribution in [2.24, 2.45) is 0 Å². The molecule has 0 aliphatic carbocycles. The molecule has 1 heterocycles. The Morgan fingerprint density at radius 3 is 2.39 bits per heavy atom. The van der Waals surface area contributed by atoms with Crippen LogP contribution >= 0.6 is 23.2 Å². The molecule has 0 aromatic heterocycles. The predicted octanol–water partition coefficient (Wildman–Crippen LogP) is 5.82. The van der Waals surface area contributed by atoms with Crippen LogP contribution in [0.15, 0.2) is 42.5 Å². The highest BCUT2D eigenvalue weighted by molar-refractivity contribution is 6.31. The van der Waals surface area contributed by atoms with Crippen molar-refractivity contribution in [3.8, 4) is 0 Å². The number of hydrogen-bond donors (Lipinski definition) is 1. The highest BCUT2D eigenvalue weighted by Crippen LogP contribution is 2.31. The molecule has 0 unspecified atom stereocenters. The number of carbonyl (C=O) groups excluding carboxylic acids is 2. The van der Waals surface area contributed by atoms with Gasteiger partial charge in [-0.05, 0) is 75.6 Å². The van der Waals surface area contributed by atoms with E-state index in [-0.39, 0.29) is 24.0 Å². The van der Waals surface area contributed by atoms with Gasteiger partial charge in [0.05, 0.1) is 0 Å². The second-order valence-electron chi connectivity index (χ2n) is 8.92. The monoisotopic (exact) mass is 462 g/mol. The third-order valence-corrected chi connectivity index (χ3v) is 5.97. The largest absolute Gasteiger partial charge is 0.444 e. The Labute approximate surface area is 193 Å². The first-order valence-corrected chi connectivity index (χ1v) is 11.1. The second kappa shape index (κ2) is 9.49. The lowest BCUT2D eigenvalue weighted by molar-refractivity contribution is 0.0177. The molecule has 2 atom stereocenters. The summed E-state index contributed by atoms with van der Waals surface area (Å²) in [7, 11) is 0. The van der Waals surface area contributed by atoms with Crippen LogP contribution in [-0.2, 0) is 4.74 Å². The number of nitrogens with zero attached hydrogens (tertiary/aromatic N) is 1. The molecule has 166 valence electrons. The van der Waals surface area contributed by atoms with E-state index in [1.165, 1.54) is 0 Å². The first-order valence-electron chi connectivity index (χ1n) is 10.3. The number of ether oxygens (including phenoxy) is 1. The minimum Gasteiger partial charge on any atom is -0.444 e. The van der Waals surface area contributed by atoms with Crippen molar-refractivity contribution in [1.29, 1.82) is 0 Å². The first kappa shape index (κ1) is 23.4. The van der Waals surface area contributed by atoms with Gasteiger partial charge in [0.25, 0.3) is 5.91 Å². The molecule has 1 aliphatic heterocycles. The highest BCUT2D eigenvalue weighted by Gasteiger charge is 2.35. The third-order valence-electron chi connectivity index (χ3n) is 5.31. The molecule has 0 spiro atoms. The predicted molar refractivity (Wildman–Crippen MR) is 124 cm³/mol. The highest BCUT2D eigenvalue weighted by atomic mass is 35.5. The number of rotatable bonds is 3. The van der Waals surface area contributed by atoms with Gasteiger partial charge in [0, 0.05) is 40.7 Å². The fourth-order valence-electron chi connectivity index (χ4n) is 3.65. The summed E-state index contributed by atoms with van der Waals surface area (Å²) in [6.07, 6.45) is 0.257. The fraction of sp³-hybridized carbons (Fsp3) is 0.417. The number of hydrogen-bond acceptors (Lipinski definition) is 3. The van der Waals surface area contributed by atoms with Gasteiger partial charge in [-0.3, -0.25) is 4.79 Å². The molecule has 1 aliphatic rings. The second-order valence-corrected chi connectivity index (χ2v) is 9.76. The molecule has 0 saturated carbocycles. The molecule has 1 fully saturated rings. The summed E-state index contributed by atoms with van der Waals surface area (Å²) in [5, 5.41) is 4.38. The third kappa shape index (κ3) is 6.14. The van der Waals surface area contributed by atoms with Gasteiger partial charge in [0.2, 0.25) is 0 Å². The van der Waals surface area contributed by atoms with Crippen LogP contribution in [0.2, 0.25) is 10.0 Å². The van der Waals surface area contributed by atoms with E-state index in [4.69, 9.17) is 27.9 Å². The molecule has 1 saturated heterocycles. The lowest BCUT2D eigenvalue weighted by Gasteiger charge is -2.39. The lowest BCUT2D eigenvalue weighted by Crippen LogP contribution is -2.52. The quantitative estimate of drug-likeness (QED) is 0.624. The van der Waals surface area contributed by atoms with Crippen molar-refractivity contribution in [2.45, 2.75) is 51.7 Å². The van der Waals surface area contributed by atoms with Gasteiger partial charge in [-0.2, -0.15) is 0 Å². The fourth-order valence-corrected chi connectivity index (χ4v) is 3.96. The molecule has 31 heavy (non-hydrogen) atoms. The van der Waals surface area contributed by atoms with Crippen LogP contribution in [-0.4, -0.2) is 41.6 Å². The van der Waals surface area contributed by atoms with Crippen molar-refractivity contribution in [3.63, 3.8) is 0 Å². The van der Waals surface area contributed by atoms with Gasteiger partial charge < -0.3 is 15.0 Å².